The number of hydrogen-bond acceptors (Lipinski definition) is 3. The maximum atomic E-state index is 9.83. The van der Waals surface area contributed by atoms with Crippen LogP contribution in [0.15, 0.2) is 0 Å². The first-order valence-electron chi connectivity index (χ1n) is 3.18. The van der Waals surface area contributed by atoms with Gasteiger partial charge >= 0.3 is 51.4 Å². The Bertz CT molecular complexity index is 46.3. The number of aliphatic hydroxyl groups excluding tert-OH is 1. The van der Waals surface area contributed by atoms with Gasteiger partial charge in [-0.15, -0.1) is 6.61 Å². The number of aliphatic hydroxyl groups is 1. The number of hydrogen-bond donors (Lipinski definition) is 1. The summed E-state index contributed by atoms with van der Waals surface area (Å²) in [6, 6.07) is 0. The van der Waals surface area contributed by atoms with Gasteiger partial charge in [-0.25, -0.2) is 0 Å². The molecule has 0 bridgehead atoms. The Balaban J connectivity index is 0. The predicted octanol–water partition coefficient (Wildman–Crippen LogP) is -3.86. The second-order valence-corrected chi connectivity index (χ2v) is 1.75. The van der Waals surface area contributed by atoms with Crippen LogP contribution in [-0.4, -0.2) is 31.5 Å². The Kier molecular flexibility index (Phi) is 18.5. The fourth-order valence-corrected chi connectivity index (χ4v) is 0.430. The summed E-state index contributed by atoms with van der Waals surface area (Å²) in [6.07, 6.45) is 1.24. The van der Waals surface area contributed by atoms with Crippen LogP contribution in [0.5, 0.6) is 0 Å². The van der Waals surface area contributed by atoms with E-state index in [1.807, 2.05) is 0 Å². The van der Waals surface area contributed by atoms with E-state index in [0.717, 1.165) is 0 Å². The fraction of sp³-hybridized carbons (Fsp3) is 1.00. The molecule has 0 aromatic heterocycles. The summed E-state index contributed by atoms with van der Waals surface area (Å²) in [6.45, 7) is 1.19. The molecule has 0 saturated heterocycles. The number of rotatable bonds is 6. The largest absolute Gasteiger partial charge is 1.00 e. The van der Waals surface area contributed by atoms with E-state index in [1.165, 1.54) is 0 Å². The molecule has 56 valence electrons. The SMILES string of the molecule is [K+].[O-]CCCOCCCO. The van der Waals surface area contributed by atoms with Crippen LogP contribution in [-0.2, 0) is 4.74 Å². The molecule has 0 rings (SSSR count). The van der Waals surface area contributed by atoms with E-state index in [4.69, 9.17) is 9.84 Å². The van der Waals surface area contributed by atoms with E-state index in [2.05, 4.69) is 0 Å². The summed E-state index contributed by atoms with van der Waals surface area (Å²) in [5, 5.41) is 18.1. The Morgan fingerprint density at radius 3 is 2.30 bits per heavy atom. The van der Waals surface area contributed by atoms with E-state index in [9.17, 15) is 5.11 Å². The standard InChI is InChI=1S/C6H13O3.K/c7-3-1-5-9-6-2-4-8;/h7H,1-6H2;/q-1;+1. The summed E-state index contributed by atoms with van der Waals surface area (Å²) in [5.74, 6) is 0. The van der Waals surface area contributed by atoms with Gasteiger partial charge in [0.2, 0.25) is 0 Å². The normalized spacial score (nSPS) is 9.00. The van der Waals surface area contributed by atoms with E-state index in [-0.39, 0.29) is 64.6 Å². The minimum Gasteiger partial charge on any atom is -0.854 e. The van der Waals surface area contributed by atoms with Gasteiger partial charge in [0.15, 0.2) is 0 Å². The maximum absolute atomic E-state index is 9.83. The molecule has 0 aliphatic heterocycles. The molecule has 0 aromatic rings. The zero-order valence-electron chi connectivity index (χ0n) is 6.51. The smallest absolute Gasteiger partial charge is 0.854 e. The summed E-state index contributed by atoms with van der Waals surface area (Å²) < 4.78 is 4.95. The van der Waals surface area contributed by atoms with Gasteiger partial charge in [-0.3, -0.25) is 0 Å². The van der Waals surface area contributed by atoms with Gasteiger partial charge in [-0.05, 0) is 12.8 Å². The van der Waals surface area contributed by atoms with Gasteiger partial charge in [-0.1, -0.05) is 0 Å². The molecule has 0 amide bonds. The molecular weight excluding hydrogens is 159 g/mol. The zero-order chi connectivity index (χ0) is 6.95. The molecule has 0 spiro atoms. The molecular formula is C6H13KO3. The second kappa shape index (κ2) is 13.1. The molecule has 10 heavy (non-hydrogen) atoms. The van der Waals surface area contributed by atoms with E-state index in [0.29, 0.717) is 26.1 Å². The van der Waals surface area contributed by atoms with Gasteiger partial charge < -0.3 is 14.9 Å². The molecule has 0 heterocycles. The van der Waals surface area contributed by atoms with Crippen molar-refractivity contribution in [2.75, 3.05) is 26.4 Å². The summed E-state index contributed by atoms with van der Waals surface area (Å²) >= 11 is 0. The third-order valence-electron chi connectivity index (χ3n) is 0.880. The third-order valence-corrected chi connectivity index (χ3v) is 0.880. The summed E-state index contributed by atoms with van der Waals surface area (Å²) in [5.41, 5.74) is 0. The summed E-state index contributed by atoms with van der Waals surface area (Å²) in [7, 11) is 0. The zero-order valence-corrected chi connectivity index (χ0v) is 9.63. The van der Waals surface area contributed by atoms with Crippen molar-refractivity contribution in [1.82, 2.24) is 0 Å². The first kappa shape index (κ1) is 14.1. The van der Waals surface area contributed by atoms with Crippen LogP contribution < -0.4 is 56.5 Å². The first-order valence-corrected chi connectivity index (χ1v) is 3.18. The van der Waals surface area contributed by atoms with Crippen LogP contribution in [0.2, 0.25) is 0 Å². The van der Waals surface area contributed by atoms with Crippen molar-refractivity contribution >= 4 is 0 Å². The van der Waals surface area contributed by atoms with Crippen molar-refractivity contribution in [3.63, 3.8) is 0 Å². The Hall–Kier alpha value is 1.52. The minimum atomic E-state index is -0.0703. The van der Waals surface area contributed by atoms with Crippen molar-refractivity contribution in [3.8, 4) is 0 Å². The van der Waals surface area contributed by atoms with Gasteiger partial charge in [0.05, 0.1) is 0 Å². The van der Waals surface area contributed by atoms with Gasteiger partial charge in [0.1, 0.15) is 0 Å². The fourth-order valence-electron chi connectivity index (χ4n) is 0.430. The Morgan fingerprint density at radius 2 is 1.80 bits per heavy atom. The topological polar surface area (TPSA) is 52.5 Å². The van der Waals surface area contributed by atoms with Gasteiger partial charge in [0, 0.05) is 19.8 Å². The molecule has 0 unspecified atom stereocenters. The van der Waals surface area contributed by atoms with Gasteiger partial charge in [0.25, 0.3) is 0 Å². The Labute approximate surface area is 104 Å². The molecule has 0 fully saturated rings. The van der Waals surface area contributed by atoms with Gasteiger partial charge in [-0.2, -0.15) is 0 Å². The molecule has 3 nitrogen and oxygen atoms in total. The summed E-state index contributed by atoms with van der Waals surface area (Å²) in [4.78, 5) is 0. The molecule has 1 N–H and O–H groups in total. The first-order chi connectivity index (χ1) is 4.41. The molecule has 4 heteroatoms. The van der Waals surface area contributed by atoms with E-state index < -0.39 is 0 Å². The maximum Gasteiger partial charge on any atom is 1.00 e. The molecule has 0 radical (unpaired) electrons. The van der Waals surface area contributed by atoms with E-state index in [1.54, 1.807) is 0 Å². The van der Waals surface area contributed by atoms with E-state index >= 15 is 0 Å². The molecule has 0 saturated carbocycles. The number of ether oxygens (including phenoxy) is 1. The average Bonchev–Trinajstić information content (AvgIpc) is 1.89. The monoisotopic (exact) mass is 172 g/mol. The van der Waals surface area contributed by atoms with Crippen LogP contribution >= 0.6 is 0 Å². The molecule has 0 aliphatic carbocycles. The second-order valence-electron chi connectivity index (χ2n) is 1.75. The van der Waals surface area contributed by atoms with Crippen LogP contribution in [0.1, 0.15) is 12.8 Å². The van der Waals surface area contributed by atoms with Crippen molar-refractivity contribution in [3.05, 3.63) is 0 Å². The predicted molar refractivity (Wildman–Crippen MR) is 32.0 cm³/mol. The van der Waals surface area contributed by atoms with Crippen molar-refractivity contribution in [2.45, 2.75) is 12.8 Å². The third kappa shape index (κ3) is 12.2. The minimum absolute atomic E-state index is 0. The average molecular weight is 172 g/mol. The van der Waals surface area contributed by atoms with Crippen LogP contribution in [0.4, 0.5) is 0 Å². The van der Waals surface area contributed by atoms with Crippen LogP contribution in [0.3, 0.4) is 0 Å². The van der Waals surface area contributed by atoms with Crippen molar-refractivity contribution in [2.24, 2.45) is 0 Å². The van der Waals surface area contributed by atoms with Crippen LogP contribution in [0, 0.1) is 0 Å². The molecule has 0 atom stereocenters. The Morgan fingerprint density at radius 1 is 1.20 bits per heavy atom. The molecule has 0 aromatic carbocycles. The van der Waals surface area contributed by atoms with Crippen molar-refractivity contribution in [1.29, 1.82) is 0 Å². The van der Waals surface area contributed by atoms with Crippen LogP contribution in [0.25, 0.3) is 0 Å². The quantitative estimate of drug-likeness (QED) is 0.329. The van der Waals surface area contributed by atoms with Crippen molar-refractivity contribution < 1.29 is 66.3 Å². The molecule has 0 aliphatic rings.